The molecular formula is C19H17NO5. The van der Waals surface area contributed by atoms with Gasteiger partial charge in [0, 0.05) is 28.9 Å². The van der Waals surface area contributed by atoms with E-state index in [1.807, 2.05) is 24.3 Å². The predicted molar refractivity (Wildman–Crippen MR) is 92.5 cm³/mol. The predicted octanol–water partition coefficient (Wildman–Crippen LogP) is 3.82. The molecule has 0 atom stereocenters. The molecule has 0 bridgehead atoms. The first-order valence-electron chi connectivity index (χ1n) is 7.81. The first-order valence-corrected chi connectivity index (χ1v) is 7.81. The van der Waals surface area contributed by atoms with Gasteiger partial charge in [-0.2, -0.15) is 0 Å². The lowest BCUT2D eigenvalue weighted by Gasteiger charge is -2.08. The SMILES string of the molecule is O=C(O)CCC(=O)Nc1cccc(OCc2occ3ccccc23)c1. The van der Waals surface area contributed by atoms with Crippen molar-refractivity contribution in [2.24, 2.45) is 0 Å². The average Bonchev–Trinajstić information content (AvgIpc) is 3.02. The van der Waals surface area contributed by atoms with Crippen molar-refractivity contribution in [3.05, 3.63) is 60.6 Å². The highest BCUT2D eigenvalue weighted by Crippen LogP contribution is 2.23. The number of fused-ring (bicyclic) bond motifs is 1. The Morgan fingerprint density at radius 2 is 1.92 bits per heavy atom. The number of amides is 1. The fourth-order valence-corrected chi connectivity index (χ4v) is 2.42. The van der Waals surface area contributed by atoms with E-state index >= 15 is 0 Å². The summed E-state index contributed by atoms with van der Waals surface area (Å²) in [7, 11) is 0. The molecule has 25 heavy (non-hydrogen) atoms. The molecule has 1 amide bonds. The molecule has 2 N–H and O–H groups in total. The number of hydrogen-bond acceptors (Lipinski definition) is 4. The Labute approximate surface area is 144 Å². The van der Waals surface area contributed by atoms with Crippen molar-refractivity contribution in [2.75, 3.05) is 5.32 Å². The summed E-state index contributed by atoms with van der Waals surface area (Å²) < 4.78 is 11.3. The highest BCUT2D eigenvalue weighted by molar-refractivity contribution is 5.92. The molecular weight excluding hydrogens is 322 g/mol. The number of anilines is 1. The van der Waals surface area contributed by atoms with Gasteiger partial charge in [-0.25, -0.2) is 0 Å². The van der Waals surface area contributed by atoms with Crippen LogP contribution in [0, 0.1) is 0 Å². The minimum atomic E-state index is -1.00. The number of carboxylic acids is 1. The van der Waals surface area contributed by atoms with E-state index in [-0.39, 0.29) is 25.4 Å². The zero-order valence-corrected chi connectivity index (χ0v) is 13.4. The van der Waals surface area contributed by atoms with Crippen molar-refractivity contribution in [3.63, 3.8) is 0 Å². The summed E-state index contributed by atoms with van der Waals surface area (Å²) in [5.41, 5.74) is 0.553. The molecule has 0 aliphatic carbocycles. The van der Waals surface area contributed by atoms with Gasteiger partial charge in [-0.15, -0.1) is 0 Å². The normalized spacial score (nSPS) is 10.6. The summed E-state index contributed by atoms with van der Waals surface area (Å²) >= 11 is 0. The van der Waals surface area contributed by atoms with E-state index in [9.17, 15) is 9.59 Å². The van der Waals surface area contributed by atoms with Crippen LogP contribution in [0.4, 0.5) is 5.69 Å². The van der Waals surface area contributed by atoms with Gasteiger partial charge in [0.1, 0.15) is 18.1 Å². The smallest absolute Gasteiger partial charge is 0.303 e. The van der Waals surface area contributed by atoms with Crippen LogP contribution < -0.4 is 10.1 Å². The third kappa shape index (κ3) is 4.38. The molecule has 0 saturated heterocycles. The van der Waals surface area contributed by atoms with Gasteiger partial charge in [-0.05, 0) is 12.1 Å². The van der Waals surface area contributed by atoms with Crippen molar-refractivity contribution in [1.29, 1.82) is 0 Å². The van der Waals surface area contributed by atoms with Crippen LogP contribution in [0.15, 0.2) is 59.2 Å². The number of hydrogen-bond donors (Lipinski definition) is 2. The molecule has 1 aromatic heterocycles. The van der Waals surface area contributed by atoms with Crippen molar-refractivity contribution in [1.82, 2.24) is 0 Å². The van der Waals surface area contributed by atoms with Gasteiger partial charge in [0.05, 0.1) is 12.7 Å². The summed E-state index contributed by atoms with van der Waals surface area (Å²) in [6, 6.07) is 14.7. The highest BCUT2D eigenvalue weighted by atomic mass is 16.5. The van der Waals surface area contributed by atoms with E-state index in [0.717, 1.165) is 16.5 Å². The summed E-state index contributed by atoms with van der Waals surface area (Å²) in [4.78, 5) is 22.2. The van der Waals surface area contributed by atoms with Crippen LogP contribution in [0.25, 0.3) is 10.8 Å². The van der Waals surface area contributed by atoms with E-state index in [4.69, 9.17) is 14.3 Å². The number of carbonyl (C=O) groups is 2. The first-order chi connectivity index (χ1) is 12.1. The molecule has 0 unspecified atom stereocenters. The molecule has 6 nitrogen and oxygen atoms in total. The second kappa shape index (κ2) is 7.53. The monoisotopic (exact) mass is 339 g/mol. The molecule has 3 rings (SSSR count). The lowest BCUT2D eigenvalue weighted by molar-refractivity contribution is -0.138. The number of carboxylic acid groups (broad SMARTS) is 1. The summed E-state index contributed by atoms with van der Waals surface area (Å²) in [6.45, 7) is 0.268. The number of aliphatic carboxylic acids is 1. The molecule has 6 heteroatoms. The van der Waals surface area contributed by atoms with Gasteiger partial charge in [0.25, 0.3) is 0 Å². The van der Waals surface area contributed by atoms with Crippen LogP contribution in [0.5, 0.6) is 5.75 Å². The maximum Gasteiger partial charge on any atom is 0.303 e. The fourth-order valence-electron chi connectivity index (χ4n) is 2.42. The number of furan rings is 1. The zero-order valence-electron chi connectivity index (χ0n) is 13.4. The van der Waals surface area contributed by atoms with E-state index in [1.54, 1.807) is 30.5 Å². The van der Waals surface area contributed by atoms with Gasteiger partial charge in [-0.1, -0.05) is 30.3 Å². The molecule has 2 aromatic carbocycles. The Morgan fingerprint density at radius 1 is 1.08 bits per heavy atom. The topological polar surface area (TPSA) is 88.8 Å². The second-order valence-electron chi connectivity index (χ2n) is 5.50. The van der Waals surface area contributed by atoms with E-state index < -0.39 is 5.97 Å². The lowest BCUT2D eigenvalue weighted by Crippen LogP contribution is -2.13. The third-order valence-electron chi connectivity index (χ3n) is 3.64. The Kier molecular flexibility index (Phi) is 4.99. The molecule has 0 fully saturated rings. The van der Waals surface area contributed by atoms with Crippen LogP contribution >= 0.6 is 0 Å². The Hall–Kier alpha value is -3.28. The van der Waals surface area contributed by atoms with Gasteiger partial charge < -0.3 is 19.6 Å². The quantitative estimate of drug-likeness (QED) is 0.683. The number of rotatable bonds is 7. The Bertz CT molecular complexity index is 899. The van der Waals surface area contributed by atoms with Crippen LogP contribution in [-0.4, -0.2) is 17.0 Å². The van der Waals surface area contributed by atoms with Gasteiger partial charge in [0.2, 0.25) is 5.91 Å². The minimum absolute atomic E-state index is 0.0706. The van der Waals surface area contributed by atoms with Gasteiger partial charge >= 0.3 is 5.97 Å². The number of ether oxygens (including phenoxy) is 1. The van der Waals surface area contributed by atoms with Gasteiger partial charge in [-0.3, -0.25) is 9.59 Å². The van der Waals surface area contributed by atoms with Crippen LogP contribution in [0.2, 0.25) is 0 Å². The molecule has 0 aliphatic heterocycles. The molecule has 0 radical (unpaired) electrons. The summed E-state index contributed by atoms with van der Waals surface area (Å²) in [5.74, 6) is -0.0440. The maximum atomic E-state index is 11.7. The fraction of sp³-hybridized carbons (Fsp3) is 0.158. The van der Waals surface area contributed by atoms with Gasteiger partial charge in [0.15, 0.2) is 0 Å². The largest absolute Gasteiger partial charge is 0.486 e. The third-order valence-corrected chi connectivity index (χ3v) is 3.64. The zero-order chi connectivity index (χ0) is 17.6. The minimum Gasteiger partial charge on any atom is -0.486 e. The summed E-state index contributed by atoms with van der Waals surface area (Å²) in [5, 5.41) is 13.3. The maximum absolute atomic E-state index is 11.7. The molecule has 0 aliphatic rings. The standard InChI is InChI=1S/C19H17NO5/c21-18(8-9-19(22)23)20-14-5-3-6-15(10-14)24-12-17-16-7-2-1-4-13(16)11-25-17/h1-7,10-11H,8-9,12H2,(H,20,21)(H,22,23). The average molecular weight is 339 g/mol. The van der Waals surface area contributed by atoms with Crippen LogP contribution in [0.1, 0.15) is 18.6 Å². The Morgan fingerprint density at radius 3 is 2.76 bits per heavy atom. The highest BCUT2D eigenvalue weighted by Gasteiger charge is 2.08. The second-order valence-corrected chi connectivity index (χ2v) is 5.50. The first kappa shape index (κ1) is 16.6. The Balaban J connectivity index is 1.62. The molecule has 0 spiro atoms. The molecule has 3 aromatic rings. The molecule has 1 heterocycles. The van der Waals surface area contributed by atoms with Crippen molar-refractivity contribution in [2.45, 2.75) is 19.4 Å². The van der Waals surface area contributed by atoms with E-state index in [1.165, 1.54) is 0 Å². The number of carbonyl (C=O) groups excluding carboxylic acids is 1. The van der Waals surface area contributed by atoms with Crippen molar-refractivity contribution in [3.8, 4) is 5.75 Å². The van der Waals surface area contributed by atoms with Crippen molar-refractivity contribution >= 4 is 28.3 Å². The van der Waals surface area contributed by atoms with Crippen LogP contribution in [-0.2, 0) is 16.2 Å². The van der Waals surface area contributed by atoms with Crippen LogP contribution in [0.3, 0.4) is 0 Å². The summed E-state index contributed by atoms with van der Waals surface area (Å²) in [6.07, 6.45) is 1.42. The number of benzene rings is 2. The van der Waals surface area contributed by atoms with Crippen molar-refractivity contribution < 1.29 is 23.8 Å². The molecule has 128 valence electrons. The lowest BCUT2D eigenvalue weighted by atomic mass is 10.2. The van der Waals surface area contributed by atoms with E-state index in [0.29, 0.717) is 11.4 Å². The number of nitrogens with one attached hydrogen (secondary N) is 1. The van der Waals surface area contributed by atoms with E-state index in [2.05, 4.69) is 5.32 Å². The molecule has 0 saturated carbocycles.